The van der Waals surface area contributed by atoms with E-state index in [2.05, 4.69) is 15.0 Å². The van der Waals surface area contributed by atoms with E-state index in [1.807, 2.05) is 60.7 Å². The van der Waals surface area contributed by atoms with Gasteiger partial charge in [0.05, 0.1) is 11.4 Å². The highest BCUT2D eigenvalue weighted by atomic mass is 16.1. The highest BCUT2D eigenvalue weighted by Crippen LogP contribution is 2.21. The van der Waals surface area contributed by atoms with Crippen molar-refractivity contribution in [1.82, 2.24) is 19.1 Å². The molecule has 4 rings (SSSR count). The lowest BCUT2D eigenvalue weighted by Crippen LogP contribution is -2.37. The molecule has 0 fully saturated rings. The molecule has 6 heteroatoms. The zero-order valence-corrected chi connectivity index (χ0v) is 15.1. The molecule has 134 valence electrons. The maximum absolute atomic E-state index is 12.7. The van der Waals surface area contributed by atoms with Crippen molar-refractivity contribution in [3.63, 3.8) is 0 Å². The van der Waals surface area contributed by atoms with E-state index in [9.17, 15) is 4.79 Å². The van der Waals surface area contributed by atoms with E-state index in [1.54, 1.807) is 35.6 Å². The molecule has 0 aliphatic carbocycles. The summed E-state index contributed by atoms with van der Waals surface area (Å²) in [6, 6.07) is 19.5. The number of imidazole rings is 1. The van der Waals surface area contributed by atoms with Crippen LogP contribution in [0.25, 0.3) is 22.6 Å². The summed E-state index contributed by atoms with van der Waals surface area (Å²) in [5.74, 6) is 0.815. The van der Waals surface area contributed by atoms with Gasteiger partial charge in [0.1, 0.15) is 11.3 Å². The number of para-hydroxylation sites is 1. The molecule has 0 atom stereocenters. The van der Waals surface area contributed by atoms with Gasteiger partial charge in [0.25, 0.3) is 0 Å². The van der Waals surface area contributed by atoms with Crippen molar-refractivity contribution in [2.24, 2.45) is 19.1 Å². The molecule has 0 saturated carbocycles. The number of rotatable bonds is 3. The fraction of sp³-hybridized carbons (Fsp3) is 0.0952. The second kappa shape index (κ2) is 6.92. The number of hydrogen-bond acceptors (Lipinski definition) is 3. The molecule has 0 saturated heterocycles. The monoisotopic (exact) mass is 357 g/mol. The molecule has 6 nitrogen and oxygen atoms in total. The summed E-state index contributed by atoms with van der Waals surface area (Å²) in [5, 5.41) is 0. The van der Waals surface area contributed by atoms with Crippen LogP contribution in [0.4, 0.5) is 5.69 Å². The Balaban J connectivity index is 1.84. The second-order valence-electron chi connectivity index (χ2n) is 6.25. The summed E-state index contributed by atoms with van der Waals surface area (Å²) in [4.78, 5) is 24.7. The first-order valence-electron chi connectivity index (χ1n) is 8.60. The van der Waals surface area contributed by atoms with Gasteiger partial charge in [-0.25, -0.2) is 14.8 Å². The average molecular weight is 357 g/mol. The number of aromatic nitrogens is 4. The topological polar surface area (TPSA) is 68.0 Å². The summed E-state index contributed by atoms with van der Waals surface area (Å²) in [6.07, 6.45) is 3.52. The van der Waals surface area contributed by atoms with Crippen molar-refractivity contribution >= 4 is 5.69 Å². The molecule has 0 aliphatic heterocycles. The Labute approximate surface area is 156 Å². The second-order valence-corrected chi connectivity index (χ2v) is 6.25. The maximum atomic E-state index is 12.7. The van der Waals surface area contributed by atoms with Crippen molar-refractivity contribution < 1.29 is 0 Å². The normalized spacial score (nSPS) is 11.7. The quantitative estimate of drug-likeness (QED) is 0.612. The zero-order valence-electron chi connectivity index (χ0n) is 15.1. The number of nitrogens with one attached hydrogen (secondary N) is 1. The number of aromatic amines is 1. The molecule has 0 bridgehead atoms. The fourth-order valence-corrected chi connectivity index (χ4v) is 2.98. The molecule has 0 spiro atoms. The van der Waals surface area contributed by atoms with Crippen molar-refractivity contribution in [3.8, 4) is 22.6 Å². The average Bonchev–Trinajstić information content (AvgIpc) is 3.24. The van der Waals surface area contributed by atoms with Crippen molar-refractivity contribution in [3.05, 3.63) is 89.0 Å². The first kappa shape index (κ1) is 16.8. The summed E-state index contributed by atoms with van der Waals surface area (Å²) < 4.78 is 3.18. The molecule has 0 aliphatic rings. The predicted octanol–water partition coefficient (Wildman–Crippen LogP) is 3.01. The Morgan fingerprint density at radius 2 is 1.63 bits per heavy atom. The minimum atomic E-state index is -0.128. The lowest BCUT2D eigenvalue weighted by atomic mass is 10.1. The summed E-state index contributed by atoms with van der Waals surface area (Å²) >= 11 is 0. The number of hydrogen-bond donors (Lipinski definition) is 1. The summed E-state index contributed by atoms with van der Waals surface area (Å²) in [7, 11) is 3.50. The van der Waals surface area contributed by atoms with Gasteiger partial charge in [-0.15, -0.1) is 0 Å². The third kappa shape index (κ3) is 3.25. The van der Waals surface area contributed by atoms with Gasteiger partial charge in [-0.2, -0.15) is 0 Å². The van der Waals surface area contributed by atoms with Crippen LogP contribution >= 0.6 is 0 Å². The highest BCUT2D eigenvalue weighted by Gasteiger charge is 2.08. The van der Waals surface area contributed by atoms with Gasteiger partial charge >= 0.3 is 5.69 Å². The third-order valence-corrected chi connectivity index (χ3v) is 4.50. The van der Waals surface area contributed by atoms with Gasteiger partial charge in [-0.05, 0) is 17.7 Å². The zero-order chi connectivity index (χ0) is 18.8. The van der Waals surface area contributed by atoms with E-state index in [0.29, 0.717) is 5.49 Å². The van der Waals surface area contributed by atoms with E-state index in [0.717, 1.165) is 28.3 Å². The van der Waals surface area contributed by atoms with E-state index in [-0.39, 0.29) is 5.69 Å². The molecule has 27 heavy (non-hydrogen) atoms. The largest absolute Gasteiger partial charge is 0.345 e. The lowest BCUT2D eigenvalue weighted by Gasteiger charge is -2.11. The summed E-state index contributed by atoms with van der Waals surface area (Å²) in [6.45, 7) is 0. The predicted molar refractivity (Wildman–Crippen MR) is 105 cm³/mol. The van der Waals surface area contributed by atoms with Gasteiger partial charge in [0.2, 0.25) is 0 Å². The molecule has 2 heterocycles. The van der Waals surface area contributed by atoms with Crippen LogP contribution in [-0.2, 0) is 14.1 Å². The lowest BCUT2D eigenvalue weighted by molar-refractivity contribution is 0.681. The highest BCUT2D eigenvalue weighted by molar-refractivity contribution is 5.65. The van der Waals surface area contributed by atoms with Crippen LogP contribution in [0.5, 0.6) is 0 Å². The fourth-order valence-electron chi connectivity index (χ4n) is 2.98. The smallest absolute Gasteiger partial charge is 0.329 e. The Morgan fingerprint density at radius 1 is 0.926 bits per heavy atom. The Bertz CT molecular complexity index is 1180. The van der Waals surface area contributed by atoms with Crippen LogP contribution in [0.15, 0.2) is 82.8 Å². The third-order valence-electron chi connectivity index (χ3n) is 4.50. The molecule has 2 aromatic carbocycles. The number of nitrogens with zero attached hydrogens (tertiary/aromatic N) is 4. The molecule has 0 amide bonds. The minimum absolute atomic E-state index is 0.128. The van der Waals surface area contributed by atoms with E-state index in [4.69, 9.17) is 0 Å². The van der Waals surface area contributed by atoms with Crippen LogP contribution in [-0.4, -0.2) is 19.1 Å². The number of benzene rings is 2. The van der Waals surface area contributed by atoms with Crippen LogP contribution in [0.2, 0.25) is 0 Å². The molecule has 0 radical (unpaired) electrons. The first-order chi connectivity index (χ1) is 13.1. The minimum Gasteiger partial charge on any atom is -0.345 e. The van der Waals surface area contributed by atoms with Crippen LogP contribution in [0.3, 0.4) is 0 Å². The van der Waals surface area contributed by atoms with Crippen LogP contribution in [0, 0.1) is 0 Å². The molecule has 4 aromatic rings. The van der Waals surface area contributed by atoms with Crippen LogP contribution in [0.1, 0.15) is 0 Å². The summed E-state index contributed by atoms with van der Waals surface area (Å²) in [5.41, 5.74) is 4.02. The van der Waals surface area contributed by atoms with Crippen molar-refractivity contribution in [2.75, 3.05) is 0 Å². The van der Waals surface area contributed by atoms with Crippen LogP contribution < -0.4 is 11.2 Å². The van der Waals surface area contributed by atoms with Crippen molar-refractivity contribution in [2.45, 2.75) is 0 Å². The Kier molecular flexibility index (Phi) is 4.30. The Hall–Kier alpha value is -3.67. The van der Waals surface area contributed by atoms with E-state index < -0.39 is 0 Å². The van der Waals surface area contributed by atoms with Gasteiger partial charge in [0.15, 0.2) is 0 Å². The standard InChI is InChI=1S/C21H19N5O/c1-25-18(15-8-10-16(11-9-15)20-22-12-13-23-20)14-19(26(2)21(25)27)24-17-6-4-3-5-7-17/h3-14H,1-2H3,(H,22,23). The van der Waals surface area contributed by atoms with Gasteiger partial charge in [0, 0.05) is 38.1 Å². The number of H-pyrrole nitrogens is 1. The molecular formula is C21H19N5O. The molecule has 0 unspecified atom stereocenters. The molecule has 1 N–H and O–H groups in total. The van der Waals surface area contributed by atoms with Crippen molar-refractivity contribution in [1.29, 1.82) is 0 Å². The molecule has 2 aromatic heterocycles. The maximum Gasteiger partial charge on any atom is 0.329 e. The van der Waals surface area contributed by atoms with E-state index >= 15 is 0 Å². The first-order valence-corrected chi connectivity index (χ1v) is 8.60. The van der Waals surface area contributed by atoms with Gasteiger partial charge in [-0.1, -0.05) is 42.5 Å². The van der Waals surface area contributed by atoms with Gasteiger partial charge < -0.3 is 4.98 Å². The van der Waals surface area contributed by atoms with E-state index in [1.165, 1.54) is 0 Å². The van der Waals surface area contributed by atoms with Gasteiger partial charge in [-0.3, -0.25) is 9.13 Å². The molecular weight excluding hydrogens is 338 g/mol. The SMILES string of the molecule is Cn1c(-c2ccc(-c3ncc[nH]3)cc2)cc(=Nc2ccccc2)n(C)c1=O. The Morgan fingerprint density at radius 3 is 2.30 bits per heavy atom.